The average molecular weight is 429 g/mol. The van der Waals surface area contributed by atoms with Crippen LogP contribution in [0.1, 0.15) is 37.2 Å². The van der Waals surface area contributed by atoms with E-state index in [4.69, 9.17) is 4.74 Å². The fourth-order valence-electron chi connectivity index (χ4n) is 6.01. The Morgan fingerprint density at radius 1 is 0.844 bits per heavy atom. The number of methoxy groups -OCH3 is 1. The second-order valence-corrected chi connectivity index (χ2v) is 9.40. The van der Waals surface area contributed by atoms with Gasteiger partial charge in [0.15, 0.2) is 0 Å². The van der Waals surface area contributed by atoms with Gasteiger partial charge in [0.25, 0.3) is 0 Å². The van der Waals surface area contributed by atoms with Crippen LogP contribution in [-0.2, 0) is 0 Å². The molecule has 2 aromatic carbocycles. The second-order valence-electron chi connectivity index (χ2n) is 9.40. The summed E-state index contributed by atoms with van der Waals surface area (Å²) in [5, 5.41) is 2.68. The van der Waals surface area contributed by atoms with Gasteiger partial charge in [-0.25, -0.2) is 0 Å². The summed E-state index contributed by atoms with van der Waals surface area (Å²) >= 11 is 0. The van der Waals surface area contributed by atoms with E-state index in [2.05, 4.69) is 62.4 Å². The molecule has 1 saturated heterocycles. The Morgan fingerprint density at radius 3 is 2.47 bits per heavy atom. The van der Waals surface area contributed by atoms with E-state index < -0.39 is 0 Å². The van der Waals surface area contributed by atoms with Crippen molar-refractivity contribution in [2.24, 2.45) is 0 Å². The molecule has 0 bridgehead atoms. The first-order chi connectivity index (χ1) is 15.8. The third-order valence-corrected chi connectivity index (χ3v) is 7.80. The highest BCUT2D eigenvalue weighted by atomic mass is 16.5. The maximum absolute atomic E-state index is 5.46. The summed E-state index contributed by atoms with van der Waals surface area (Å²) in [7, 11) is 1.75. The van der Waals surface area contributed by atoms with Crippen molar-refractivity contribution in [3.8, 4) is 5.75 Å². The van der Waals surface area contributed by atoms with Gasteiger partial charge in [0, 0.05) is 72.1 Å². The first-order valence-corrected chi connectivity index (χ1v) is 12.0. The molecule has 0 radical (unpaired) electrons. The van der Waals surface area contributed by atoms with Crippen LogP contribution >= 0.6 is 0 Å². The van der Waals surface area contributed by atoms with Crippen LogP contribution in [0.2, 0.25) is 0 Å². The van der Waals surface area contributed by atoms with E-state index in [1.165, 1.54) is 71.8 Å². The molecule has 2 aliphatic rings. The first-order valence-electron chi connectivity index (χ1n) is 12.0. The van der Waals surface area contributed by atoms with Gasteiger partial charge in [0.2, 0.25) is 0 Å². The van der Waals surface area contributed by atoms with Crippen LogP contribution in [0.15, 0.2) is 54.9 Å². The zero-order chi connectivity index (χ0) is 21.5. The Morgan fingerprint density at radius 2 is 1.66 bits per heavy atom. The summed E-state index contributed by atoms with van der Waals surface area (Å²) in [4.78, 5) is 12.1. The quantitative estimate of drug-likeness (QED) is 0.451. The number of anilines is 1. The van der Waals surface area contributed by atoms with Gasteiger partial charge in [-0.1, -0.05) is 6.07 Å². The minimum atomic E-state index is 0.652. The van der Waals surface area contributed by atoms with E-state index in [1.54, 1.807) is 7.11 Å². The van der Waals surface area contributed by atoms with Gasteiger partial charge < -0.3 is 19.6 Å². The predicted molar refractivity (Wildman–Crippen MR) is 132 cm³/mol. The van der Waals surface area contributed by atoms with Crippen LogP contribution in [0.25, 0.3) is 21.8 Å². The molecule has 4 aromatic rings. The van der Waals surface area contributed by atoms with Gasteiger partial charge in [-0.2, -0.15) is 0 Å². The topological polar surface area (TPSA) is 47.3 Å². The highest BCUT2D eigenvalue weighted by molar-refractivity contribution is 5.92. The van der Waals surface area contributed by atoms with E-state index in [-0.39, 0.29) is 0 Å². The van der Waals surface area contributed by atoms with Gasteiger partial charge in [0.05, 0.1) is 7.11 Å². The fourth-order valence-corrected chi connectivity index (χ4v) is 6.01. The number of hydrogen-bond donors (Lipinski definition) is 2. The zero-order valence-electron chi connectivity index (χ0n) is 18.8. The molecule has 0 atom stereocenters. The van der Waals surface area contributed by atoms with Crippen LogP contribution in [0.3, 0.4) is 0 Å². The third-order valence-electron chi connectivity index (χ3n) is 7.80. The van der Waals surface area contributed by atoms with Crippen molar-refractivity contribution in [2.45, 2.75) is 37.6 Å². The minimum Gasteiger partial charge on any atom is -0.497 e. The highest BCUT2D eigenvalue weighted by Gasteiger charge is 2.30. The summed E-state index contributed by atoms with van der Waals surface area (Å²) in [6.45, 7) is 4.57. The molecule has 5 nitrogen and oxygen atoms in total. The summed E-state index contributed by atoms with van der Waals surface area (Å²) in [6.07, 6.45) is 9.43. The number of aromatic nitrogens is 2. The van der Waals surface area contributed by atoms with Crippen molar-refractivity contribution in [1.29, 1.82) is 0 Å². The smallest absolute Gasteiger partial charge is 0.119 e. The molecule has 1 aliphatic heterocycles. The van der Waals surface area contributed by atoms with Crippen molar-refractivity contribution in [3.05, 3.63) is 60.4 Å². The molecular formula is C27H32N4O. The molecule has 1 saturated carbocycles. The summed E-state index contributed by atoms with van der Waals surface area (Å²) in [5.74, 6) is 1.60. The molecule has 5 heteroatoms. The Labute approximate surface area is 189 Å². The lowest BCUT2D eigenvalue weighted by Gasteiger charge is -2.42. The van der Waals surface area contributed by atoms with Gasteiger partial charge in [0.1, 0.15) is 5.75 Å². The number of H-pyrrole nitrogens is 2. The molecule has 2 N–H and O–H groups in total. The average Bonchev–Trinajstić information content (AvgIpc) is 3.51. The molecule has 2 fully saturated rings. The van der Waals surface area contributed by atoms with Crippen LogP contribution in [0.4, 0.5) is 5.69 Å². The van der Waals surface area contributed by atoms with Crippen LogP contribution < -0.4 is 9.64 Å². The summed E-state index contributed by atoms with van der Waals surface area (Å²) < 4.78 is 5.46. The third kappa shape index (κ3) is 3.45. The molecule has 32 heavy (non-hydrogen) atoms. The Kier molecular flexibility index (Phi) is 5.07. The molecule has 3 heterocycles. The molecule has 1 aliphatic carbocycles. The maximum atomic E-state index is 5.46. The first kappa shape index (κ1) is 19.7. The van der Waals surface area contributed by atoms with Crippen molar-refractivity contribution in [3.63, 3.8) is 0 Å². The SMILES string of the molecule is COc1ccc2[nH]cc([C@H]3CC[C@@H](N4CCN(c5cccc6[nH]ccc56)CC4)CC3)c2c1. The van der Waals surface area contributed by atoms with Crippen molar-refractivity contribution >= 4 is 27.5 Å². The number of fused-ring (bicyclic) bond motifs is 2. The maximum Gasteiger partial charge on any atom is 0.119 e. The number of hydrogen-bond acceptors (Lipinski definition) is 3. The second kappa shape index (κ2) is 8.21. The van der Waals surface area contributed by atoms with Crippen molar-refractivity contribution in [2.75, 3.05) is 38.2 Å². The Balaban J connectivity index is 1.09. The predicted octanol–water partition coefficient (Wildman–Crippen LogP) is 5.51. The van der Waals surface area contributed by atoms with E-state index in [0.717, 1.165) is 24.9 Å². The number of aromatic amines is 2. The molecule has 0 unspecified atom stereocenters. The number of ether oxygens (including phenoxy) is 1. The van der Waals surface area contributed by atoms with E-state index in [1.807, 2.05) is 12.3 Å². The lowest BCUT2D eigenvalue weighted by atomic mass is 9.81. The lowest BCUT2D eigenvalue weighted by Crippen LogP contribution is -2.51. The van der Waals surface area contributed by atoms with E-state index >= 15 is 0 Å². The highest BCUT2D eigenvalue weighted by Crippen LogP contribution is 2.39. The summed E-state index contributed by atoms with van der Waals surface area (Å²) in [6, 6.07) is 15.9. The zero-order valence-corrected chi connectivity index (χ0v) is 18.8. The monoisotopic (exact) mass is 428 g/mol. The van der Waals surface area contributed by atoms with Crippen molar-refractivity contribution < 1.29 is 4.74 Å². The molecule has 2 aromatic heterocycles. The molecule has 166 valence electrons. The van der Waals surface area contributed by atoms with Gasteiger partial charge >= 0.3 is 0 Å². The van der Waals surface area contributed by atoms with Gasteiger partial charge in [-0.05, 0) is 73.6 Å². The molecule has 0 spiro atoms. The number of nitrogens with zero attached hydrogens (tertiary/aromatic N) is 2. The Bertz CT molecular complexity index is 1210. The van der Waals surface area contributed by atoms with Crippen molar-refractivity contribution in [1.82, 2.24) is 14.9 Å². The molecule has 0 amide bonds. The van der Waals surface area contributed by atoms with E-state index in [9.17, 15) is 0 Å². The normalized spacial score (nSPS) is 22.6. The molecule has 6 rings (SSSR count). The van der Waals surface area contributed by atoms with Crippen LogP contribution in [0.5, 0.6) is 5.75 Å². The van der Waals surface area contributed by atoms with Crippen LogP contribution in [0, 0.1) is 0 Å². The standard InChI is InChI=1S/C27H32N4O/c1-32-21-9-10-26-23(17-21)24(18-29-26)19-5-7-20(8-6-19)30-13-15-31(16-14-30)27-4-2-3-25-22(27)11-12-28-25/h2-4,9-12,17-20,28-29H,5-8,13-16H2,1H3/t19-,20+. The van der Waals surface area contributed by atoms with E-state index in [0.29, 0.717) is 5.92 Å². The minimum absolute atomic E-state index is 0.652. The number of benzene rings is 2. The fraction of sp³-hybridized carbons (Fsp3) is 0.407. The number of rotatable bonds is 4. The number of nitrogens with one attached hydrogen (secondary N) is 2. The van der Waals surface area contributed by atoms with Gasteiger partial charge in [-0.3, -0.25) is 4.90 Å². The lowest BCUT2D eigenvalue weighted by molar-refractivity contribution is 0.141. The Hall–Kier alpha value is -2.92. The number of piperazine rings is 1. The van der Waals surface area contributed by atoms with Crippen LogP contribution in [-0.4, -0.2) is 54.2 Å². The van der Waals surface area contributed by atoms with Gasteiger partial charge in [-0.15, -0.1) is 0 Å². The largest absolute Gasteiger partial charge is 0.497 e. The summed E-state index contributed by atoms with van der Waals surface area (Å²) in [5.41, 5.74) is 5.30. The molecular weight excluding hydrogens is 396 g/mol.